The topological polar surface area (TPSA) is 102 Å². The third-order valence-electron chi connectivity index (χ3n) is 5.31. The molecular formula is C19H19N3O5. The summed E-state index contributed by atoms with van der Waals surface area (Å²) in [5.74, 6) is -0.811. The zero-order chi connectivity index (χ0) is 19.3. The van der Waals surface area contributed by atoms with E-state index in [2.05, 4.69) is 5.10 Å². The maximum Gasteiger partial charge on any atom is 0.311 e. The highest BCUT2D eigenvalue weighted by Gasteiger charge is 2.59. The van der Waals surface area contributed by atoms with Crippen LogP contribution in [0.5, 0.6) is 5.75 Å². The number of carbonyl (C=O) groups is 2. The number of allylic oxidation sites excluding steroid dienone is 2. The number of fused-ring (bicyclic) bond motifs is 5. The van der Waals surface area contributed by atoms with Crippen molar-refractivity contribution in [3.63, 3.8) is 0 Å². The number of hydrogen-bond donors (Lipinski definition) is 0. The lowest BCUT2D eigenvalue weighted by Gasteiger charge is -2.13. The maximum absolute atomic E-state index is 12.6. The third-order valence-corrected chi connectivity index (χ3v) is 5.31. The summed E-state index contributed by atoms with van der Waals surface area (Å²) in [6, 6.07) is 4.41. The van der Waals surface area contributed by atoms with Crippen molar-refractivity contribution in [2.75, 3.05) is 0 Å². The molecule has 8 heteroatoms. The normalized spacial score (nSPS) is 28.6. The molecule has 27 heavy (non-hydrogen) atoms. The average Bonchev–Trinajstić information content (AvgIpc) is 3.28. The first kappa shape index (κ1) is 17.4. The van der Waals surface area contributed by atoms with E-state index in [0.29, 0.717) is 5.56 Å². The molecule has 2 aliphatic carbocycles. The van der Waals surface area contributed by atoms with Crippen molar-refractivity contribution in [3.05, 3.63) is 46.0 Å². The van der Waals surface area contributed by atoms with E-state index in [9.17, 15) is 19.7 Å². The molecule has 0 aromatic heterocycles. The molecule has 140 valence electrons. The Bertz CT molecular complexity index is 861. The van der Waals surface area contributed by atoms with Gasteiger partial charge in [-0.3, -0.25) is 19.7 Å². The van der Waals surface area contributed by atoms with E-state index in [0.717, 1.165) is 11.4 Å². The van der Waals surface area contributed by atoms with Gasteiger partial charge in [-0.15, -0.1) is 0 Å². The first-order valence-corrected chi connectivity index (χ1v) is 8.92. The lowest BCUT2D eigenvalue weighted by atomic mass is 9.85. The summed E-state index contributed by atoms with van der Waals surface area (Å²) in [7, 11) is 0. The van der Waals surface area contributed by atoms with E-state index >= 15 is 0 Å². The number of rotatable bonds is 5. The van der Waals surface area contributed by atoms with Crippen molar-refractivity contribution in [2.45, 2.75) is 26.4 Å². The number of nitrogens with zero attached hydrogens (tertiary/aromatic N) is 3. The highest BCUT2D eigenvalue weighted by atomic mass is 16.6. The second-order valence-corrected chi connectivity index (χ2v) is 7.38. The maximum atomic E-state index is 12.6. The van der Waals surface area contributed by atoms with Crippen molar-refractivity contribution in [3.8, 4) is 5.75 Å². The van der Waals surface area contributed by atoms with Crippen LogP contribution in [-0.4, -0.2) is 34.1 Å². The van der Waals surface area contributed by atoms with Crippen LogP contribution in [0.3, 0.4) is 0 Å². The number of ether oxygens (including phenoxy) is 1. The van der Waals surface area contributed by atoms with E-state index < -0.39 is 4.92 Å². The van der Waals surface area contributed by atoms with Gasteiger partial charge in [0.15, 0.2) is 5.75 Å². The minimum absolute atomic E-state index is 0.116. The quantitative estimate of drug-likeness (QED) is 0.261. The Hall–Kier alpha value is -3.03. The monoisotopic (exact) mass is 369 g/mol. The van der Waals surface area contributed by atoms with Gasteiger partial charge in [-0.25, -0.2) is 0 Å². The van der Waals surface area contributed by atoms with Crippen LogP contribution in [0.2, 0.25) is 0 Å². The van der Waals surface area contributed by atoms with Crippen LogP contribution in [0, 0.1) is 33.8 Å². The van der Waals surface area contributed by atoms with Gasteiger partial charge >= 0.3 is 5.69 Å². The Morgan fingerprint density at radius 2 is 1.85 bits per heavy atom. The molecule has 1 saturated carbocycles. The molecule has 0 radical (unpaired) electrons. The van der Waals surface area contributed by atoms with Crippen LogP contribution in [0.1, 0.15) is 25.8 Å². The van der Waals surface area contributed by atoms with Crippen LogP contribution in [0.4, 0.5) is 5.69 Å². The van der Waals surface area contributed by atoms with Crippen molar-refractivity contribution in [1.82, 2.24) is 5.01 Å². The van der Waals surface area contributed by atoms with E-state index in [1.165, 1.54) is 18.3 Å². The lowest BCUT2D eigenvalue weighted by Crippen LogP contribution is -2.28. The number of benzene rings is 1. The van der Waals surface area contributed by atoms with Gasteiger partial charge in [-0.2, -0.15) is 10.1 Å². The average molecular weight is 369 g/mol. The summed E-state index contributed by atoms with van der Waals surface area (Å²) < 4.78 is 5.44. The number of carbonyl (C=O) groups excluding carboxylic acids is 2. The van der Waals surface area contributed by atoms with Gasteiger partial charge in [-0.05, 0) is 44.2 Å². The summed E-state index contributed by atoms with van der Waals surface area (Å²) in [6.07, 6.45) is 5.99. The number of nitro benzene ring substituents is 1. The Labute approximate surface area is 155 Å². The molecule has 4 unspecified atom stereocenters. The van der Waals surface area contributed by atoms with Gasteiger partial charge in [-0.1, -0.05) is 12.2 Å². The number of amides is 2. The van der Waals surface area contributed by atoms with Gasteiger partial charge in [0.2, 0.25) is 0 Å². The van der Waals surface area contributed by atoms with E-state index in [-0.39, 0.29) is 53.0 Å². The van der Waals surface area contributed by atoms with Crippen LogP contribution >= 0.6 is 0 Å². The van der Waals surface area contributed by atoms with Crippen molar-refractivity contribution < 1.29 is 19.2 Å². The molecule has 1 saturated heterocycles. The van der Waals surface area contributed by atoms with Crippen molar-refractivity contribution in [2.24, 2.45) is 28.8 Å². The van der Waals surface area contributed by atoms with E-state index in [1.54, 1.807) is 19.9 Å². The first-order valence-electron chi connectivity index (χ1n) is 8.92. The lowest BCUT2D eigenvalue weighted by molar-refractivity contribution is -0.386. The van der Waals surface area contributed by atoms with E-state index in [4.69, 9.17) is 4.74 Å². The zero-order valence-corrected chi connectivity index (χ0v) is 14.9. The largest absolute Gasteiger partial charge is 0.484 e. The Balaban J connectivity index is 1.57. The van der Waals surface area contributed by atoms with Gasteiger partial charge in [0.05, 0.1) is 29.1 Å². The second-order valence-electron chi connectivity index (χ2n) is 7.38. The molecule has 1 aromatic carbocycles. The summed E-state index contributed by atoms with van der Waals surface area (Å²) in [6.45, 7) is 3.56. The third kappa shape index (κ3) is 2.81. The summed E-state index contributed by atoms with van der Waals surface area (Å²) in [4.78, 5) is 35.9. The molecule has 4 atom stereocenters. The zero-order valence-electron chi connectivity index (χ0n) is 14.9. The molecule has 3 aliphatic rings. The van der Waals surface area contributed by atoms with Gasteiger partial charge < -0.3 is 4.74 Å². The summed E-state index contributed by atoms with van der Waals surface area (Å²) in [5.41, 5.74) is 0.224. The molecule has 0 spiro atoms. The number of hydrazone groups is 1. The molecule has 1 aliphatic heterocycles. The predicted octanol–water partition coefficient (Wildman–Crippen LogP) is 2.52. The van der Waals surface area contributed by atoms with Crippen molar-refractivity contribution >= 4 is 23.7 Å². The highest BCUT2D eigenvalue weighted by molar-refractivity contribution is 6.06. The standard InChI is InChI=1S/C19H19N3O5/c1-10(2)27-15-6-3-11(7-14(15)22(25)26)9-20-21-18(23)16-12-4-5-13(8-12)17(16)19(21)24/h3-7,9-10,12-13,16-17H,8H2,1-2H3. The fourth-order valence-corrected chi connectivity index (χ4v) is 4.24. The van der Waals surface area contributed by atoms with Crippen LogP contribution in [-0.2, 0) is 9.59 Å². The SMILES string of the molecule is CC(C)Oc1ccc(C=NN2C(=O)C3C4C=CC(C4)C3C2=O)cc1[N+](=O)[O-]. The number of hydrogen-bond acceptors (Lipinski definition) is 6. The minimum atomic E-state index is -0.533. The van der Waals surface area contributed by atoms with Crippen LogP contribution in [0.25, 0.3) is 0 Å². The molecule has 2 bridgehead atoms. The van der Waals surface area contributed by atoms with Gasteiger partial charge in [0.25, 0.3) is 11.8 Å². The molecule has 2 fully saturated rings. The molecule has 1 aromatic rings. The summed E-state index contributed by atoms with van der Waals surface area (Å²) in [5, 5.41) is 16.3. The molecule has 1 heterocycles. The van der Waals surface area contributed by atoms with Crippen LogP contribution < -0.4 is 4.74 Å². The molecule has 8 nitrogen and oxygen atoms in total. The fraction of sp³-hybridized carbons (Fsp3) is 0.421. The number of imide groups is 1. The number of nitro groups is 1. The smallest absolute Gasteiger partial charge is 0.311 e. The molecule has 0 N–H and O–H groups in total. The highest BCUT2D eigenvalue weighted by Crippen LogP contribution is 2.52. The van der Waals surface area contributed by atoms with Crippen LogP contribution in [0.15, 0.2) is 35.5 Å². The Morgan fingerprint density at radius 1 is 1.22 bits per heavy atom. The molecule has 2 amide bonds. The summed E-state index contributed by atoms with van der Waals surface area (Å²) >= 11 is 0. The van der Waals surface area contributed by atoms with E-state index in [1.807, 2.05) is 12.2 Å². The second kappa shape index (κ2) is 6.29. The first-order chi connectivity index (χ1) is 12.9. The molecule has 4 rings (SSSR count). The van der Waals surface area contributed by atoms with Crippen molar-refractivity contribution in [1.29, 1.82) is 0 Å². The Kier molecular flexibility index (Phi) is 4.05. The van der Waals surface area contributed by atoms with Gasteiger partial charge in [0, 0.05) is 11.6 Å². The minimum Gasteiger partial charge on any atom is -0.484 e. The predicted molar refractivity (Wildman–Crippen MR) is 96.0 cm³/mol. The van der Waals surface area contributed by atoms with Gasteiger partial charge in [0.1, 0.15) is 0 Å². The molecular weight excluding hydrogens is 350 g/mol. The Morgan fingerprint density at radius 3 is 2.41 bits per heavy atom. The fourth-order valence-electron chi connectivity index (χ4n) is 4.24.